The highest BCUT2D eigenvalue weighted by atomic mass is 35.5. The molecule has 1 aromatic heterocycles. The Balaban J connectivity index is 1.58. The molecule has 30 heavy (non-hydrogen) atoms. The highest BCUT2D eigenvalue weighted by molar-refractivity contribution is 7.99. The molecule has 0 atom stereocenters. The van der Waals surface area contributed by atoms with Gasteiger partial charge in [0.1, 0.15) is 5.75 Å². The van der Waals surface area contributed by atoms with Gasteiger partial charge in [-0.2, -0.15) is 0 Å². The van der Waals surface area contributed by atoms with Crippen molar-refractivity contribution in [2.45, 2.75) is 18.6 Å². The average Bonchev–Trinajstić information content (AvgIpc) is 3.19. The molecule has 0 radical (unpaired) electrons. The highest BCUT2D eigenvalue weighted by Crippen LogP contribution is 2.24. The number of hydrogen-bond donors (Lipinski definition) is 2. The summed E-state index contributed by atoms with van der Waals surface area (Å²) >= 11 is 7.16. The van der Waals surface area contributed by atoms with Gasteiger partial charge in [-0.3, -0.25) is 20.4 Å². The zero-order valence-electron chi connectivity index (χ0n) is 16.4. The van der Waals surface area contributed by atoms with Crippen LogP contribution in [0.1, 0.15) is 17.3 Å². The van der Waals surface area contributed by atoms with E-state index in [1.54, 1.807) is 12.1 Å². The number of benzene rings is 2. The van der Waals surface area contributed by atoms with E-state index in [9.17, 15) is 9.59 Å². The number of thioether (sulfide) groups is 1. The fourth-order valence-corrected chi connectivity index (χ4v) is 3.67. The zero-order valence-corrected chi connectivity index (χ0v) is 18.0. The Kier molecular flexibility index (Phi) is 7.31. The minimum atomic E-state index is -0.532. The van der Waals surface area contributed by atoms with Crippen molar-refractivity contribution in [3.63, 3.8) is 0 Å². The molecule has 0 aliphatic rings. The van der Waals surface area contributed by atoms with Gasteiger partial charge in [-0.15, -0.1) is 10.2 Å². The van der Waals surface area contributed by atoms with Crippen LogP contribution < -0.4 is 15.6 Å². The Labute approximate surface area is 182 Å². The third-order valence-electron chi connectivity index (χ3n) is 4.12. The molecule has 3 rings (SSSR count). The molecule has 2 aromatic carbocycles. The number of aromatic nitrogens is 3. The van der Waals surface area contributed by atoms with Crippen LogP contribution in [0, 0.1) is 0 Å². The summed E-state index contributed by atoms with van der Waals surface area (Å²) in [6, 6.07) is 14.4. The van der Waals surface area contributed by atoms with Crippen LogP contribution in [0.2, 0.25) is 5.02 Å². The third kappa shape index (κ3) is 5.11. The molecule has 10 heteroatoms. The molecule has 0 saturated heterocycles. The number of hydrogen-bond acceptors (Lipinski definition) is 6. The maximum absolute atomic E-state index is 12.3. The van der Waals surface area contributed by atoms with Gasteiger partial charge in [-0.1, -0.05) is 53.7 Å². The van der Waals surface area contributed by atoms with Gasteiger partial charge in [0.25, 0.3) is 5.91 Å². The number of carbonyl (C=O) groups is 2. The number of rotatable bonds is 7. The summed E-state index contributed by atoms with van der Waals surface area (Å²) in [6.07, 6.45) is 0. The number of methoxy groups -OCH3 is 1. The number of ether oxygens (including phenoxy) is 1. The lowest BCUT2D eigenvalue weighted by Gasteiger charge is -2.11. The monoisotopic (exact) mass is 445 g/mol. The molecule has 2 N–H and O–H groups in total. The second kappa shape index (κ2) is 10.1. The molecule has 8 nitrogen and oxygen atoms in total. The third-order valence-corrected chi connectivity index (χ3v) is 5.32. The normalized spacial score (nSPS) is 10.5. The van der Waals surface area contributed by atoms with E-state index in [4.69, 9.17) is 16.3 Å². The summed E-state index contributed by atoms with van der Waals surface area (Å²) in [4.78, 5) is 24.5. The Hall–Kier alpha value is -3.04. The van der Waals surface area contributed by atoms with Crippen molar-refractivity contribution < 1.29 is 14.3 Å². The smallest absolute Gasteiger partial charge is 0.273 e. The average molecular weight is 446 g/mol. The van der Waals surface area contributed by atoms with E-state index in [0.29, 0.717) is 22.5 Å². The molecule has 0 fully saturated rings. The summed E-state index contributed by atoms with van der Waals surface area (Å²) in [5.74, 6) is 0.226. The fourth-order valence-electron chi connectivity index (χ4n) is 2.70. The Bertz CT molecular complexity index is 1040. The van der Waals surface area contributed by atoms with Crippen molar-refractivity contribution in [1.29, 1.82) is 0 Å². The van der Waals surface area contributed by atoms with Crippen molar-refractivity contribution in [3.8, 4) is 17.1 Å². The zero-order chi connectivity index (χ0) is 21.5. The van der Waals surface area contributed by atoms with E-state index in [2.05, 4.69) is 21.0 Å². The maximum atomic E-state index is 12.3. The van der Waals surface area contributed by atoms with Crippen LogP contribution in [-0.4, -0.2) is 39.4 Å². The topological polar surface area (TPSA) is 98.1 Å². The van der Waals surface area contributed by atoms with Gasteiger partial charge in [-0.25, -0.2) is 0 Å². The largest absolute Gasteiger partial charge is 0.496 e. The second-order valence-electron chi connectivity index (χ2n) is 6.05. The predicted molar refractivity (Wildman–Crippen MR) is 115 cm³/mol. The number of nitrogens with zero attached hydrogens (tertiary/aromatic N) is 3. The van der Waals surface area contributed by atoms with E-state index < -0.39 is 5.91 Å². The lowest BCUT2D eigenvalue weighted by Crippen LogP contribution is -2.42. The SMILES string of the molecule is CCn1c(SCC(=O)NNC(=O)c2cc(Cl)ccc2OC)nnc1-c1ccccc1. The van der Waals surface area contributed by atoms with Crippen molar-refractivity contribution in [2.75, 3.05) is 12.9 Å². The summed E-state index contributed by atoms with van der Waals surface area (Å²) in [6.45, 7) is 2.64. The molecule has 156 valence electrons. The number of amides is 2. The first-order valence-electron chi connectivity index (χ1n) is 9.07. The van der Waals surface area contributed by atoms with E-state index >= 15 is 0 Å². The molecule has 0 aliphatic carbocycles. The number of carbonyl (C=O) groups excluding carboxylic acids is 2. The molecule has 0 saturated carbocycles. The molecule has 0 unspecified atom stereocenters. The Morgan fingerprint density at radius 2 is 1.90 bits per heavy atom. The first-order chi connectivity index (χ1) is 14.5. The molecule has 0 bridgehead atoms. The molecule has 2 amide bonds. The quantitative estimate of drug-likeness (QED) is 0.428. The van der Waals surface area contributed by atoms with E-state index in [1.807, 2.05) is 41.8 Å². The van der Waals surface area contributed by atoms with Gasteiger partial charge < -0.3 is 9.30 Å². The van der Waals surface area contributed by atoms with Crippen molar-refractivity contribution >= 4 is 35.2 Å². The molecular weight excluding hydrogens is 426 g/mol. The van der Waals surface area contributed by atoms with Crippen LogP contribution >= 0.6 is 23.4 Å². The second-order valence-corrected chi connectivity index (χ2v) is 7.43. The van der Waals surface area contributed by atoms with Crippen LogP contribution in [-0.2, 0) is 11.3 Å². The summed E-state index contributed by atoms with van der Waals surface area (Å²) in [5.41, 5.74) is 5.91. The molecular formula is C20H20ClN5O3S. The molecule has 3 aromatic rings. The number of halogens is 1. The minimum absolute atomic E-state index is 0.0554. The number of hydrazine groups is 1. The van der Waals surface area contributed by atoms with Crippen molar-refractivity contribution in [2.24, 2.45) is 0 Å². The first-order valence-corrected chi connectivity index (χ1v) is 10.4. The van der Waals surface area contributed by atoms with Crippen molar-refractivity contribution in [3.05, 3.63) is 59.1 Å². The lowest BCUT2D eigenvalue weighted by atomic mass is 10.2. The highest BCUT2D eigenvalue weighted by Gasteiger charge is 2.16. The van der Waals surface area contributed by atoms with E-state index in [-0.39, 0.29) is 17.2 Å². The van der Waals surface area contributed by atoms with Crippen LogP contribution in [0.4, 0.5) is 0 Å². The van der Waals surface area contributed by atoms with Gasteiger partial charge in [0, 0.05) is 17.1 Å². The van der Waals surface area contributed by atoms with Gasteiger partial charge in [0.2, 0.25) is 5.91 Å². The van der Waals surface area contributed by atoms with Crippen LogP contribution in [0.15, 0.2) is 53.7 Å². The molecule has 0 spiro atoms. The minimum Gasteiger partial charge on any atom is -0.496 e. The summed E-state index contributed by atoms with van der Waals surface area (Å²) < 4.78 is 7.08. The van der Waals surface area contributed by atoms with Crippen molar-refractivity contribution in [1.82, 2.24) is 25.6 Å². The Morgan fingerprint density at radius 1 is 1.13 bits per heavy atom. The van der Waals surface area contributed by atoms with Gasteiger partial charge >= 0.3 is 0 Å². The first kappa shape index (κ1) is 21.7. The van der Waals surface area contributed by atoms with Gasteiger partial charge in [0.15, 0.2) is 11.0 Å². The Morgan fingerprint density at radius 3 is 2.60 bits per heavy atom. The van der Waals surface area contributed by atoms with Crippen LogP contribution in [0.3, 0.4) is 0 Å². The molecule has 0 aliphatic heterocycles. The van der Waals surface area contributed by atoms with Gasteiger partial charge in [-0.05, 0) is 25.1 Å². The molecule has 1 heterocycles. The maximum Gasteiger partial charge on any atom is 0.273 e. The fraction of sp³-hybridized carbons (Fsp3) is 0.200. The summed E-state index contributed by atoms with van der Waals surface area (Å²) in [5, 5.41) is 9.43. The standard InChI is InChI=1S/C20H20ClN5O3S/c1-3-26-18(13-7-5-4-6-8-13)23-25-20(26)30-12-17(27)22-24-19(28)15-11-14(21)9-10-16(15)29-2/h4-11H,3,12H2,1-2H3,(H,22,27)(H,24,28). The predicted octanol–water partition coefficient (Wildman–Crippen LogP) is 3.18. The van der Waals surface area contributed by atoms with Crippen LogP contribution in [0.5, 0.6) is 5.75 Å². The summed E-state index contributed by atoms with van der Waals surface area (Å²) in [7, 11) is 1.45. The lowest BCUT2D eigenvalue weighted by molar-refractivity contribution is -0.119. The van der Waals surface area contributed by atoms with Gasteiger partial charge in [0.05, 0.1) is 18.4 Å². The van der Waals surface area contributed by atoms with E-state index in [0.717, 1.165) is 11.4 Å². The number of nitrogens with one attached hydrogen (secondary N) is 2. The van der Waals surface area contributed by atoms with Crippen LogP contribution in [0.25, 0.3) is 11.4 Å². The van der Waals surface area contributed by atoms with E-state index in [1.165, 1.54) is 24.9 Å².